The van der Waals surface area contributed by atoms with E-state index >= 15 is 0 Å². The maximum absolute atomic E-state index is 11.2. The standard InChI is InChI=1S/C12H24N2O3/c1-4-13-11(15)6-7-14-9-8-10(17-5-2)12(9)16-3/h9-10,12,14H,4-8H2,1-3H3,(H,13,15). The Balaban J connectivity index is 2.14. The second kappa shape index (κ2) is 7.63. The fourth-order valence-corrected chi connectivity index (χ4v) is 2.13. The van der Waals surface area contributed by atoms with Crippen LogP contribution in [0.3, 0.4) is 0 Å². The van der Waals surface area contributed by atoms with E-state index in [9.17, 15) is 4.79 Å². The number of hydrogen-bond acceptors (Lipinski definition) is 4. The molecule has 17 heavy (non-hydrogen) atoms. The van der Waals surface area contributed by atoms with E-state index in [0.29, 0.717) is 25.6 Å². The monoisotopic (exact) mass is 244 g/mol. The number of ether oxygens (including phenoxy) is 2. The summed E-state index contributed by atoms with van der Waals surface area (Å²) in [4.78, 5) is 11.2. The molecule has 5 heteroatoms. The van der Waals surface area contributed by atoms with Crippen molar-refractivity contribution in [3.63, 3.8) is 0 Å². The fourth-order valence-electron chi connectivity index (χ4n) is 2.13. The molecule has 100 valence electrons. The highest BCUT2D eigenvalue weighted by atomic mass is 16.5. The van der Waals surface area contributed by atoms with Gasteiger partial charge in [0.1, 0.15) is 0 Å². The van der Waals surface area contributed by atoms with E-state index in [4.69, 9.17) is 9.47 Å². The van der Waals surface area contributed by atoms with Crippen LogP contribution in [0.1, 0.15) is 26.7 Å². The first-order valence-corrected chi connectivity index (χ1v) is 6.37. The third kappa shape index (κ3) is 4.26. The van der Waals surface area contributed by atoms with Crippen molar-refractivity contribution in [2.24, 2.45) is 0 Å². The zero-order valence-corrected chi connectivity index (χ0v) is 11.0. The quantitative estimate of drug-likeness (QED) is 0.644. The van der Waals surface area contributed by atoms with Gasteiger partial charge in [0.15, 0.2) is 0 Å². The summed E-state index contributed by atoms with van der Waals surface area (Å²) in [6, 6.07) is 0.311. The normalized spacial score (nSPS) is 27.6. The highest BCUT2D eigenvalue weighted by Crippen LogP contribution is 2.26. The summed E-state index contributed by atoms with van der Waals surface area (Å²) in [6.45, 7) is 6.01. The first-order chi connectivity index (χ1) is 8.22. The number of rotatable bonds is 8. The van der Waals surface area contributed by atoms with Crippen molar-refractivity contribution in [2.75, 3.05) is 26.8 Å². The van der Waals surface area contributed by atoms with Gasteiger partial charge in [-0.25, -0.2) is 0 Å². The van der Waals surface area contributed by atoms with Crippen molar-refractivity contribution in [3.05, 3.63) is 0 Å². The van der Waals surface area contributed by atoms with Crippen molar-refractivity contribution in [1.29, 1.82) is 0 Å². The van der Waals surface area contributed by atoms with Crippen molar-refractivity contribution in [3.8, 4) is 0 Å². The molecule has 0 aliphatic heterocycles. The molecule has 0 aromatic heterocycles. The molecule has 2 N–H and O–H groups in total. The summed E-state index contributed by atoms with van der Waals surface area (Å²) in [7, 11) is 1.70. The van der Waals surface area contributed by atoms with E-state index < -0.39 is 0 Å². The molecule has 0 saturated heterocycles. The Bertz CT molecular complexity index is 236. The maximum atomic E-state index is 11.2. The smallest absolute Gasteiger partial charge is 0.221 e. The molecule has 0 bridgehead atoms. The summed E-state index contributed by atoms with van der Waals surface area (Å²) in [5, 5.41) is 6.11. The van der Waals surface area contributed by atoms with Gasteiger partial charge >= 0.3 is 0 Å². The van der Waals surface area contributed by atoms with Crippen molar-refractivity contribution in [2.45, 2.75) is 44.9 Å². The van der Waals surface area contributed by atoms with E-state index in [0.717, 1.165) is 13.0 Å². The number of nitrogens with one attached hydrogen (secondary N) is 2. The first-order valence-electron chi connectivity index (χ1n) is 6.37. The van der Waals surface area contributed by atoms with Gasteiger partial charge in [0, 0.05) is 39.3 Å². The maximum Gasteiger partial charge on any atom is 0.221 e. The summed E-state index contributed by atoms with van der Waals surface area (Å²) in [5.74, 6) is 0.0923. The van der Waals surface area contributed by atoms with Crippen LogP contribution in [0.4, 0.5) is 0 Å². The number of methoxy groups -OCH3 is 1. The Kier molecular flexibility index (Phi) is 6.47. The number of hydrogen-bond donors (Lipinski definition) is 2. The Hall–Kier alpha value is -0.650. The van der Waals surface area contributed by atoms with Crippen LogP contribution in [0.25, 0.3) is 0 Å². The molecule has 0 spiro atoms. The summed E-state index contributed by atoms with van der Waals surface area (Å²) in [6.07, 6.45) is 1.79. The van der Waals surface area contributed by atoms with E-state index in [2.05, 4.69) is 10.6 Å². The van der Waals surface area contributed by atoms with Gasteiger partial charge in [0.05, 0.1) is 12.2 Å². The van der Waals surface area contributed by atoms with Crippen LogP contribution in [-0.2, 0) is 14.3 Å². The lowest BCUT2D eigenvalue weighted by Gasteiger charge is -2.43. The van der Waals surface area contributed by atoms with E-state index in [1.54, 1.807) is 7.11 Å². The molecular formula is C12H24N2O3. The van der Waals surface area contributed by atoms with Gasteiger partial charge in [-0.15, -0.1) is 0 Å². The molecule has 5 nitrogen and oxygen atoms in total. The molecule has 1 saturated carbocycles. The van der Waals surface area contributed by atoms with Crippen molar-refractivity contribution < 1.29 is 14.3 Å². The lowest BCUT2D eigenvalue weighted by Crippen LogP contribution is -2.60. The summed E-state index contributed by atoms with van der Waals surface area (Å²) < 4.78 is 10.9. The van der Waals surface area contributed by atoms with Crippen LogP contribution < -0.4 is 10.6 Å². The average Bonchev–Trinajstić information content (AvgIpc) is 2.27. The predicted octanol–water partition coefficient (Wildman–Crippen LogP) is 0.295. The first kappa shape index (κ1) is 14.4. The van der Waals surface area contributed by atoms with Gasteiger partial charge in [0.2, 0.25) is 5.91 Å². The van der Waals surface area contributed by atoms with Gasteiger partial charge in [-0.1, -0.05) is 0 Å². The van der Waals surface area contributed by atoms with Crippen LogP contribution >= 0.6 is 0 Å². The van der Waals surface area contributed by atoms with Crippen LogP contribution in [0, 0.1) is 0 Å². The second-order valence-corrected chi connectivity index (χ2v) is 4.19. The Labute approximate surface area is 103 Å². The molecule has 1 amide bonds. The zero-order chi connectivity index (χ0) is 12.7. The number of carbonyl (C=O) groups excluding carboxylic acids is 1. The predicted molar refractivity (Wildman–Crippen MR) is 65.9 cm³/mol. The van der Waals surface area contributed by atoms with Crippen LogP contribution in [0.15, 0.2) is 0 Å². The van der Waals surface area contributed by atoms with E-state index in [-0.39, 0.29) is 18.1 Å². The third-order valence-corrected chi connectivity index (χ3v) is 3.03. The largest absolute Gasteiger partial charge is 0.377 e. The van der Waals surface area contributed by atoms with Crippen LogP contribution in [-0.4, -0.2) is 51.0 Å². The topological polar surface area (TPSA) is 59.6 Å². The molecule has 1 fully saturated rings. The molecule has 1 aliphatic carbocycles. The molecule has 0 aromatic carbocycles. The summed E-state index contributed by atoms with van der Waals surface area (Å²) >= 11 is 0. The number of carbonyl (C=O) groups is 1. The Morgan fingerprint density at radius 3 is 2.76 bits per heavy atom. The minimum absolute atomic E-state index is 0.0923. The van der Waals surface area contributed by atoms with Crippen molar-refractivity contribution in [1.82, 2.24) is 10.6 Å². The van der Waals surface area contributed by atoms with E-state index in [1.165, 1.54) is 0 Å². The van der Waals surface area contributed by atoms with Gasteiger partial charge in [0.25, 0.3) is 0 Å². The molecule has 3 unspecified atom stereocenters. The van der Waals surface area contributed by atoms with E-state index in [1.807, 2.05) is 13.8 Å². The third-order valence-electron chi connectivity index (χ3n) is 3.03. The zero-order valence-electron chi connectivity index (χ0n) is 11.0. The minimum Gasteiger partial charge on any atom is -0.377 e. The van der Waals surface area contributed by atoms with Gasteiger partial charge < -0.3 is 20.1 Å². The van der Waals surface area contributed by atoms with Crippen LogP contribution in [0.5, 0.6) is 0 Å². The molecule has 0 radical (unpaired) electrons. The summed E-state index contributed by atoms with van der Waals surface area (Å²) in [5.41, 5.74) is 0. The molecular weight excluding hydrogens is 220 g/mol. The highest BCUT2D eigenvalue weighted by molar-refractivity contribution is 5.75. The lowest BCUT2D eigenvalue weighted by molar-refractivity contribution is -0.132. The second-order valence-electron chi connectivity index (χ2n) is 4.19. The molecule has 1 aliphatic rings. The molecule has 0 heterocycles. The van der Waals surface area contributed by atoms with Gasteiger partial charge in [-0.05, 0) is 20.3 Å². The molecule has 0 aromatic rings. The Morgan fingerprint density at radius 1 is 1.41 bits per heavy atom. The number of amides is 1. The average molecular weight is 244 g/mol. The van der Waals surface area contributed by atoms with Crippen molar-refractivity contribution >= 4 is 5.91 Å². The Morgan fingerprint density at radius 2 is 2.18 bits per heavy atom. The molecule has 1 rings (SSSR count). The van der Waals surface area contributed by atoms with Gasteiger partial charge in [-0.3, -0.25) is 4.79 Å². The fraction of sp³-hybridized carbons (Fsp3) is 0.917. The van der Waals surface area contributed by atoms with Crippen LogP contribution in [0.2, 0.25) is 0 Å². The van der Waals surface area contributed by atoms with Gasteiger partial charge in [-0.2, -0.15) is 0 Å². The lowest BCUT2D eigenvalue weighted by atomic mass is 9.85. The SMILES string of the molecule is CCNC(=O)CCNC1CC(OCC)C1OC. The highest BCUT2D eigenvalue weighted by Gasteiger charge is 2.41. The molecule has 3 atom stereocenters. The minimum atomic E-state index is 0.0923.